The van der Waals surface area contributed by atoms with Crippen LogP contribution in [-0.4, -0.2) is 27.3 Å². The van der Waals surface area contributed by atoms with E-state index in [1.54, 1.807) is 19.1 Å². The third-order valence-electron chi connectivity index (χ3n) is 2.10. The molecule has 0 aliphatic heterocycles. The van der Waals surface area contributed by atoms with Crippen molar-refractivity contribution in [2.75, 3.05) is 6.61 Å². The molecular weight excluding hydrogens is 313 g/mol. The molecule has 0 aliphatic carbocycles. The van der Waals surface area contributed by atoms with Crippen molar-refractivity contribution < 1.29 is 28.8 Å². The van der Waals surface area contributed by atoms with Gasteiger partial charge in [0.25, 0.3) is 0 Å². The first kappa shape index (κ1) is 19.9. The molecule has 9 nitrogen and oxygen atoms in total. The number of azide groups is 1. The highest BCUT2D eigenvalue weighted by Crippen LogP contribution is 2.25. The van der Waals surface area contributed by atoms with Gasteiger partial charge in [-0.3, -0.25) is 0 Å². The van der Waals surface area contributed by atoms with Crippen LogP contribution in [0.25, 0.3) is 10.4 Å². The molecule has 0 aliphatic rings. The van der Waals surface area contributed by atoms with E-state index in [1.165, 1.54) is 0 Å². The minimum Gasteiger partial charge on any atom is -0.462 e. The largest absolute Gasteiger partial charge is 0.466 e. The number of ether oxygens (including phenoxy) is 1. The van der Waals surface area contributed by atoms with Crippen LogP contribution in [-0.2, 0) is 20.5 Å². The smallest absolute Gasteiger partial charge is 0.462 e. The van der Waals surface area contributed by atoms with Crippen LogP contribution < -0.4 is 0 Å². The molecule has 0 aromatic heterocycles. The Morgan fingerprint density at radius 2 is 1.95 bits per heavy atom. The monoisotopic (exact) mass is 329 g/mol. The molecule has 0 atom stereocenters. The predicted octanol–water partition coefficient (Wildman–Crippen LogP) is 2.36. The number of nitrogens with zero attached hydrogens (tertiary/aromatic N) is 3. The number of hydrogen-bond donors (Lipinski definition) is 3. The molecule has 0 fully saturated rings. The number of benzene rings is 1. The fourth-order valence-corrected chi connectivity index (χ4v) is 1.24. The summed E-state index contributed by atoms with van der Waals surface area (Å²) in [4.78, 5) is 35.4. The van der Waals surface area contributed by atoms with Gasteiger partial charge in [-0.15, -0.1) is 0 Å². The van der Waals surface area contributed by atoms with Crippen molar-refractivity contribution in [3.8, 4) is 0 Å². The van der Waals surface area contributed by atoms with Crippen LogP contribution in [0.2, 0.25) is 0 Å². The summed E-state index contributed by atoms with van der Waals surface area (Å²) in [6.45, 7) is 5.32. The molecule has 0 bridgehead atoms. The van der Waals surface area contributed by atoms with E-state index >= 15 is 0 Å². The number of carbonyl (C=O) groups excluding carboxylic acids is 1. The SMILES string of the molecule is C=C(C)C(=O)OCCc1ccccc1N=[N+]=[N-].O=P(O)(O)O. The van der Waals surface area contributed by atoms with Gasteiger partial charge in [0.1, 0.15) is 0 Å². The number of rotatable bonds is 5. The third kappa shape index (κ3) is 10.6. The molecule has 10 heteroatoms. The Morgan fingerprint density at radius 1 is 1.41 bits per heavy atom. The number of carbonyl (C=O) groups is 1. The van der Waals surface area contributed by atoms with Gasteiger partial charge < -0.3 is 19.4 Å². The third-order valence-corrected chi connectivity index (χ3v) is 2.10. The van der Waals surface area contributed by atoms with Gasteiger partial charge in [0.15, 0.2) is 0 Å². The predicted molar refractivity (Wildman–Crippen MR) is 79.0 cm³/mol. The molecular formula is C12H16N3O6P. The molecule has 0 amide bonds. The first-order valence-corrected chi connectivity index (χ1v) is 7.45. The summed E-state index contributed by atoms with van der Waals surface area (Å²) in [5.74, 6) is -0.411. The summed E-state index contributed by atoms with van der Waals surface area (Å²) >= 11 is 0. The van der Waals surface area contributed by atoms with Crippen LogP contribution >= 0.6 is 7.82 Å². The highest BCUT2D eigenvalue weighted by molar-refractivity contribution is 7.45. The molecule has 3 N–H and O–H groups in total. The number of esters is 1. The van der Waals surface area contributed by atoms with Crippen molar-refractivity contribution in [3.63, 3.8) is 0 Å². The van der Waals surface area contributed by atoms with Gasteiger partial charge in [-0.25, -0.2) is 9.36 Å². The molecule has 22 heavy (non-hydrogen) atoms. The van der Waals surface area contributed by atoms with E-state index < -0.39 is 13.8 Å². The second kappa shape index (κ2) is 9.73. The van der Waals surface area contributed by atoms with Crippen LogP contribution in [0.5, 0.6) is 0 Å². The van der Waals surface area contributed by atoms with E-state index in [1.807, 2.05) is 12.1 Å². The van der Waals surface area contributed by atoms with Gasteiger partial charge in [0.2, 0.25) is 0 Å². The zero-order chi connectivity index (χ0) is 17.2. The van der Waals surface area contributed by atoms with Crippen LogP contribution in [0.3, 0.4) is 0 Å². The average molecular weight is 329 g/mol. The topological polar surface area (TPSA) is 153 Å². The Bertz CT molecular complexity index is 613. The summed E-state index contributed by atoms with van der Waals surface area (Å²) in [6.07, 6.45) is 0.508. The van der Waals surface area contributed by atoms with Crippen LogP contribution in [0, 0.1) is 0 Å². The van der Waals surface area contributed by atoms with Crippen molar-refractivity contribution in [2.24, 2.45) is 5.11 Å². The lowest BCUT2D eigenvalue weighted by molar-refractivity contribution is -0.138. The van der Waals surface area contributed by atoms with E-state index in [2.05, 4.69) is 16.6 Å². The summed E-state index contributed by atoms with van der Waals surface area (Å²) in [7, 11) is -4.64. The summed E-state index contributed by atoms with van der Waals surface area (Å²) in [5.41, 5.74) is 10.2. The minimum atomic E-state index is -4.64. The highest BCUT2D eigenvalue weighted by Gasteiger charge is 2.04. The minimum absolute atomic E-state index is 0.240. The molecule has 120 valence electrons. The maximum Gasteiger partial charge on any atom is 0.466 e. The summed E-state index contributed by atoms with van der Waals surface area (Å²) in [5, 5.41) is 3.56. The fourth-order valence-electron chi connectivity index (χ4n) is 1.24. The van der Waals surface area contributed by atoms with Crippen LogP contribution in [0.1, 0.15) is 12.5 Å². The molecule has 0 radical (unpaired) electrons. The Kier molecular flexibility index (Phi) is 8.78. The molecule has 1 rings (SSSR count). The van der Waals surface area contributed by atoms with Crippen molar-refractivity contribution in [3.05, 3.63) is 52.4 Å². The van der Waals surface area contributed by atoms with Gasteiger partial charge in [-0.2, -0.15) is 0 Å². The lowest BCUT2D eigenvalue weighted by Crippen LogP contribution is -2.08. The number of hydrogen-bond acceptors (Lipinski definition) is 4. The van der Waals surface area contributed by atoms with Crippen molar-refractivity contribution in [1.82, 2.24) is 0 Å². The average Bonchev–Trinajstić information content (AvgIpc) is 2.39. The van der Waals surface area contributed by atoms with Gasteiger partial charge in [-0.1, -0.05) is 36.0 Å². The maximum absolute atomic E-state index is 11.1. The molecule has 0 unspecified atom stereocenters. The molecule has 0 spiro atoms. The normalized spacial score (nSPS) is 9.82. The Morgan fingerprint density at radius 3 is 2.45 bits per heavy atom. The quantitative estimate of drug-likeness (QED) is 0.188. The summed E-state index contributed by atoms with van der Waals surface area (Å²) < 4.78 is 13.8. The van der Waals surface area contributed by atoms with E-state index in [0.717, 1.165) is 5.56 Å². The zero-order valence-electron chi connectivity index (χ0n) is 11.8. The lowest BCUT2D eigenvalue weighted by Gasteiger charge is -2.06. The van der Waals surface area contributed by atoms with E-state index in [-0.39, 0.29) is 6.61 Å². The van der Waals surface area contributed by atoms with Crippen LogP contribution in [0.15, 0.2) is 41.5 Å². The van der Waals surface area contributed by atoms with Gasteiger partial charge in [0.05, 0.1) is 6.61 Å². The fraction of sp³-hybridized carbons (Fsp3) is 0.250. The Labute approximate surface area is 126 Å². The van der Waals surface area contributed by atoms with Crippen LogP contribution in [0.4, 0.5) is 5.69 Å². The summed E-state index contributed by atoms with van der Waals surface area (Å²) in [6, 6.07) is 7.17. The van der Waals surface area contributed by atoms with Crippen molar-refractivity contribution >= 4 is 19.5 Å². The van der Waals surface area contributed by atoms with Gasteiger partial charge in [-0.05, 0) is 18.0 Å². The zero-order valence-corrected chi connectivity index (χ0v) is 12.7. The van der Waals surface area contributed by atoms with E-state index in [9.17, 15) is 4.79 Å². The standard InChI is InChI=1S/C12H13N3O2.H3O4P/c1-9(2)12(16)17-8-7-10-5-3-4-6-11(10)14-15-13;1-5(2,3)4/h3-6H,1,7-8H2,2H3;(H3,1,2,3,4). The van der Waals surface area contributed by atoms with E-state index in [4.69, 9.17) is 29.5 Å². The second-order valence-corrected chi connectivity index (χ2v) is 5.02. The Balaban J connectivity index is 0.000000763. The van der Waals surface area contributed by atoms with Crippen molar-refractivity contribution in [1.29, 1.82) is 0 Å². The van der Waals surface area contributed by atoms with E-state index in [0.29, 0.717) is 17.7 Å². The molecule has 1 aromatic rings. The van der Waals surface area contributed by atoms with Crippen molar-refractivity contribution in [2.45, 2.75) is 13.3 Å². The second-order valence-electron chi connectivity index (χ2n) is 4.00. The Hall–Kier alpha value is -2.15. The first-order chi connectivity index (χ1) is 10.1. The molecule has 0 saturated heterocycles. The van der Waals surface area contributed by atoms with Gasteiger partial charge >= 0.3 is 13.8 Å². The maximum atomic E-state index is 11.1. The molecule has 0 heterocycles. The lowest BCUT2D eigenvalue weighted by atomic mass is 10.1. The van der Waals surface area contributed by atoms with Gasteiger partial charge in [0, 0.05) is 22.6 Å². The highest BCUT2D eigenvalue weighted by atomic mass is 31.2. The molecule has 0 saturated carbocycles. The first-order valence-electron chi connectivity index (χ1n) is 5.89. The molecule has 1 aromatic carbocycles. The number of phosphoric acid groups is 1.